The molecule has 0 spiro atoms. The molecule has 36 heavy (non-hydrogen) atoms. The number of amides is 2. The third-order valence-corrected chi connectivity index (χ3v) is 5.71. The largest absolute Gasteiger partial charge is 0.444 e. The van der Waals surface area contributed by atoms with E-state index in [-0.39, 0.29) is 17.9 Å². The number of rotatable bonds is 12. The Morgan fingerprint density at radius 1 is 1.06 bits per heavy atom. The summed E-state index contributed by atoms with van der Waals surface area (Å²) in [5, 5.41) is 5.86. The lowest BCUT2D eigenvalue weighted by Crippen LogP contribution is -2.49. The number of pyridine rings is 1. The van der Waals surface area contributed by atoms with Gasteiger partial charge in [0.2, 0.25) is 5.91 Å². The van der Waals surface area contributed by atoms with Crippen LogP contribution in [0.25, 0.3) is 10.9 Å². The first-order chi connectivity index (χ1) is 16.9. The topological polar surface area (TPSA) is 124 Å². The van der Waals surface area contributed by atoms with Crippen molar-refractivity contribution < 1.29 is 23.9 Å². The van der Waals surface area contributed by atoms with Crippen molar-refractivity contribution in [1.29, 1.82) is 0 Å². The first-order valence-corrected chi connectivity index (χ1v) is 12.3. The number of fused-ring (bicyclic) bond motifs is 1. The Kier molecular flexibility index (Phi) is 10.4. The predicted molar refractivity (Wildman–Crippen MR) is 138 cm³/mol. The fourth-order valence-corrected chi connectivity index (χ4v) is 3.75. The molecule has 0 saturated heterocycles. The molecule has 2 aromatic rings. The van der Waals surface area contributed by atoms with Crippen molar-refractivity contribution in [2.24, 2.45) is 7.05 Å². The Labute approximate surface area is 211 Å². The maximum absolute atomic E-state index is 12.9. The van der Waals surface area contributed by atoms with Crippen LogP contribution in [0.2, 0.25) is 0 Å². The minimum atomic E-state index is -0.922. The van der Waals surface area contributed by atoms with E-state index in [1.165, 1.54) is 10.6 Å². The summed E-state index contributed by atoms with van der Waals surface area (Å²) in [6.07, 6.45) is 2.59. The van der Waals surface area contributed by atoms with Crippen molar-refractivity contribution >= 4 is 34.5 Å². The molecular formula is C27H37N3O6. The van der Waals surface area contributed by atoms with E-state index in [0.717, 1.165) is 11.8 Å². The molecule has 2 N–H and O–H groups in total. The Balaban J connectivity index is 2.05. The van der Waals surface area contributed by atoms with Crippen LogP contribution in [-0.4, -0.2) is 46.3 Å². The van der Waals surface area contributed by atoms with Gasteiger partial charge in [-0.25, -0.2) is 4.79 Å². The van der Waals surface area contributed by atoms with E-state index in [0.29, 0.717) is 37.6 Å². The van der Waals surface area contributed by atoms with E-state index >= 15 is 0 Å². The first-order valence-electron chi connectivity index (χ1n) is 12.3. The Morgan fingerprint density at radius 3 is 2.42 bits per heavy atom. The number of ether oxygens (including phenoxy) is 1. The summed E-state index contributed by atoms with van der Waals surface area (Å²) in [5.74, 6) is -0.880. The number of aryl methyl sites for hydroxylation is 1. The molecule has 1 heterocycles. The Morgan fingerprint density at radius 2 is 1.75 bits per heavy atom. The van der Waals surface area contributed by atoms with Gasteiger partial charge in [-0.2, -0.15) is 0 Å². The van der Waals surface area contributed by atoms with E-state index in [2.05, 4.69) is 10.6 Å². The van der Waals surface area contributed by atoms with E-state index in [9.17, 15) is 24.0 Å². The number of ketones is 2. The van der Waals surface area contributed by atoms with Crippen LogP contribution >= 0.6 is 0 Å². The number of unbranched alkanes of at least 4 members (excludes halogenated alkanes) is 2. The Hall–Kier alpha value is -3.49. The van der Waals surface area contributed by atoms with Gasteiger partial charge in [0.05, 0.1) is 17.6 Å². The molecule has 0 bridgehead atoms. The number of carbonyl (C=O) groups excluding carboxylic acids is 4. The number of nitrogens with zero attached hydrogens (tertiary/aromatic N) is 1. The summed E-state index contributed by atoms with van der Waals surface area (Å²) in [6.45, 7) is 6.59. The molecule has 0 aliphatic rings. The summed E-state index contributed by atoms with van der Waals surface area (Å²) >= 11 is 0. The summed E-state index contributed by atoms with van der Waals surface area (Å²) in [7, 11) is 1.59. The number of hydrogen-bond donors (Lipinski definition) is 2. The van der Waals surface area contributed by atoms with Gasteiger partial charge in [0, 0.05) is 19.9 Å². The van der Waals surface area contributed by atoms with Crippen LogP contribution in [0.3, 0.4) is 0 Å². The standard InChI is InChI=1S/C27H37N3O6/c1-6-19(31)13-8-7-9-14-21(29-26(35)36-27(2,3)4)24(33)28-17-23(32)20-16-18-12-10-11-15-22(18)30(5)25(20)34/h10-12,15-16,21H,6-9,13-14,17H2,1-5H3,(H,28,33)(H,29,35)/t21-/m0/s1. The third kappa shape index (κ3) is 8.62. The molecule has 2 rings (SSSR count). The van der Waals surface area contributed by atoms with Crippen LogP contribution in [-0.2, 0) is 21.4 Å². The van der Waals surface area contributed by atoms with Crippen molar-refractivity contribution in [2.75, 3.05) is 6.54 Å². The molecule has 196 valence electrons. The lowest BCUT2D eigenvalue weighted by molar-refractivity contribution is -0.123. The van der Waals surface area contributed by atoms with Crippen LogP contribution in [0.4, 0.5) is 4.79 Å². The minimum Gasteiger partial charge on any atom is -0.444 e. The highest BCUT2D eigenvalue weighted by Crippen LogP contribution is 2.13. The maximum Gasteiger partial charge on any atom is 0.408 e. The van der Waals surface area contributed by atoms with Gasteiger partial charge < -0.3 is 19.9 Å². The number of carbonyl (C=O) groups is 4. The highest BCUT2D eigenvalue weighted by molar-refractivity contribution is 6.02. The van der Waals surface area contributed by atoms with Gasteiger partial charge in [0.15, 0.2) is 5.78 Å². The molecule has 1 aromatic carbocycles. The lowest BCUT2D eigenvalue weighted by atomic mass is 10.0. The minimum absolute atomic E-state index is 0.0197. The summed E-state index contributed by atoms with van der Waals surface area (Å²) in [6, 6.07) is 7.82. The number of para-hydroxylation sites is 1. The molecule has 2 amide bonds. The van der Waals surface area contributed by atoms with Gasteiger partial charge in [-0.1, -0.05) is 38.0 Å². The monoisotopic (exact) mass is 499 g/mol. The maximum atomic E-state index is 12.9. The van der Waals surface area contributed by atoms with E-state index in [1.54, 1.807) is 40.0 Å². The molecule has 0 saturated carbocycles. The molecule has 1 aromatic heterocycles. The molecule has 0 radical (unpaired) electrons. The number of nitrogens with one attached hydrogen (secondary N) is 2. The van der Waals surface area contributed by atoms with E-state index in [4.69, 9.17) is 4.74 Å². The highest BCUT2D eigenvalue weighted by Gasteiger charge is 2.25. The second kappa shape index (κ2) is 13.0. The van der Waals surface area contributed by atoms with Gasteiger partial charge in [-0.3, -0.25) is 19.2 Å². The highest BCUT2D eigenvalue weighted by atomic mass is 16.6. The zero-order chi connectivity index (χ0) is 26.9. The number of Topliss-reactive ketones (excluding diaryl/α,β-unsaturated/α-hetero) is 2. The molecule has 9 nitrogen and oxygen atoms in total. The van der Waals surface area contributed by atoms with Crippen molar-refractivity contribution in [3.63, 3.8) is 0 Å². The summed E-state index contributed by atoms with van der Waals surface area (Å²) < 4.78 is 6.67. The van der Waals surface area contributed by atoms with Gasteiger partial charge in [0.1, 0.15) is 17.4 Å². The quantitative estimate of drug-likeness (QED) is 0.339. The van der Waals surface area contributed by atoms with Crippen LogP contribution in [0.5, 0.6) is 0 Å². The lowest BCUT2D eigenvalue weighted by Gasteiger charge is -2.23. The van der Waals surface area contributed by atoms with Gasteiger partial charge in [-0.15, -0.1) is 0 Å². The van der Waals surface area contributed by atoms with Crippen LogP contribution < -0.4 is 16.2 Å². The SMILES string of the molecule is CCC(=O)CCCCC[C@H](NC(=O)OC(C)(C)C)C(=O)NCC(=O)c1cc2ccccc2n(C)c1=O. The molecular weight excluding hydrogens is 462 g/mol. The molecule has 9 heteroatoms. The van der Waals surface area contributed by atoms with E-state index < -0.39 is 35.0 Å². The van der Waals surface area contributed by atoms with Gasteiger partial charge in [0.25, 0.3) is 5.56 Å². The van der Waals surface area contributed by atoms with Crippen LogP contribution in [0.15, 0.2) is 35.1 Å². The molecule has 0 fully saturated rings. The van der Waals surface area contributed by atoms with Crippen LogP contribution in [0, 0.1) is 0 Å². The van der Waals surface area contributed by atoms with Gasteiger partial charge in [-0.05, 0) is 51.1 Å². The average molecular weight is 500 g/mol. The molecule has 0 unspecified atom stereocenters. The zero-order valence-electron chi connectivity index (χ0n) is 21.8. The fourth-order valence-electron chi connectivity index (χ4n) is 3.75. The molecule has 1 atom stereocenters. The predicted octanol–water partition coefficient (Wildman–Crippen LogP) is 3.66. The number of benzene rings is 1. The smallest absolute Gasteiger partial charge is 0.408 e. The zero-order valence-corrected chi connectivity index (χ0v) is 21.8. The van der Waals surface area contributed by atoms with Crippen molar-refractivity contribution in [1.82, 2.24) is 15.2 Å². The number of alkyl carbamates (subject to hydrolysis) is 1. The third-order valence-electron chi connectivity index (χ3n) is 5.71. The van der Waals surface area contributed by atoms with Crippen molar-refractivity contribution in [2.45, 2.75) is 77.9 Å². The number of aromatic nitrogens is 1. The molecule has 0 aliphatic heterocycles. The number of hydrogen-bond acceptors (Lipinski definition) is 6. The fraction of sp³-hybridized carbons (Fsp3) is 0.519. The average Bonchev–Trinajstić information content (AvgIpc) is 2.82. The first kappa shape index (κ1) is 28.7. The summed E-state index contributed by atoms with van der Waals surface area (Å²) in [5.41, 5.74) is -0.505. The summed E-state index contributed by atoms with van der Waals surface area (Å²) in [4.78, 5) is 62.2. The molecule has 0 aliphatic carbocycles. The van der Waals surface area contributed by atoms with E-state index in [1.807, 2.05) is 19.1 Å². The van der Waals surface area contributed by atoms with Crippen molar-refractivity contribution in [3.05, 3.63) is 46.2 Å². The second-order valence-corrected chi connectivity index (χ2v) is 9.81. The van der Waals surface area contributed by atoms with Gasteiger partial charge >= 0.3 is 6.09 Å². The van der Waals surface area contributed by atoms with Crippen molar-refractivity contribution in [3.8, 4) is 0 Å². The Bertz CT molecular complexity index is 1160. The normalized spacial score (nSPS) is 12.1. The second-order valence-electron chi connectivity index (χ2n) is 9.81. The van der Waals surface area contributed by atoms with Crippen LogP contribution in [0.1, 0.15) is 76.6 Å².